The summed E-state index contributed by atoms with van der Waals surface area (Å²) in [6.07, 6.45) is 0.926. The molecule has 0 aliphatic heterocycles. The summed E-state index contributed by atoms with van der Waals surface area (Å²) in [6.45, 7) is 2.63. The Hall–Kier alpha value is -1.45. The highest BCUT2D eigenvalue weighted by Gasteiger charge is 2.37. The summed E-state index contributed by atoms with van der Waals surface area (Å²) >= 11 is 0. The number of carbonyl (C=O) groups is 1. The lowest BCUT2D eigenvalue weighted by Gasteiger charge is -2.32. The molecule has 0 aliphatic rings. The highest BCUT2D eigenvalue weighted by molar-refractivity contribution is 7.89. The third-order valence-corrected chi connectivity index (χ3v) is 4.74. The minimum Gasteiger partial charge on any atom is -0.478 e. The fourth-order valence-corrected chi connectivity index (χ4v) is 2.75. The molecular formula is C9H15N3O5S. The molecule has 0 saturated carbocycles. The first-order valence-electron chi connectivity index (χ1n) is 5.01. The molecule has 0 aromatic carbocycles. The first-order chi connectivity index (χ1) is 8.14. The Labute approximate surface area is 104 Å². The highest BCUT2D eigenvalue weighted by Crippen LogP contribution is 2.23. The number of aromatic carboxylic acids is 1. The van der Waals surface area contributed by atoms with Crippen LogP contribution < -0.4 is 0 Å². The summed E-state index contributed by atoms with van der Waals surface area (Å²) < 4.78 is 25.3. The van der Waals surface area contributed by atoms with Crippen LogP contribution in [0.1, 0.15) is 24.2 Å². The molecule has 0 atom stereocenters. The highest BCUT2D eigenvalue weighted by atomic mass is 32.2. The summed E-state index contributed by atoms with van der Waals surface area (Å²) in [7, 11) is -2.80. The number of hydrogen-bond donors (Lipinski definition) is 3. The molecule has 0 fully saturated rings. The van der Waals surface area contributed by atoms with Gasteiger partial charge in [0.1, 0.15) is 5.56 Å². The van der Waals surface area contributed by atoms with Crippen LogP contribution in [-0.4, -0.2) is 58.3 Å². The summed E-state index contributed by atoms with van der Waals surface area (Å²) in [4.78, 5) is 10.9. The lowest BCUT2D eigenvalue weighted by Crippen LogP contribution is -2.47. The van der Waals surface area contributed by atoms with Crippen molar-refractivity contribution in [3.8, 4) is 0 Å². The van der Waals surface area contributed by atoms with Crippen LogP contribution in [0.5, 0.6) is 0 Å². The fourth-order valence-electron chi connectivity index (χ4n) is 1.19. The number of nitrogens with zero attached hydrogens (tertiary/aromatic N) is 2. The van der Waals surface area contributed by atoms with E-state index >= 15 is 0 Å². The largest absolute Gasteiger partial charge is 0.478 e. The van der Waals surface area contributed by atoms with Crippen molar-refractivity contribution in [2.24, 2.45) is 0 Å². The average Bonchev–Trinajstić information content (AvgIpc) is 2.77. The average molecular weight is 277 g/mol. The van der Waals surface area contributed by atoms with Gasteiger partial charge in [0, 0.05) is 7.05 Å². The lowest BCUT2D eigenvalue weighted by atomic mass is 10.1. The van der Waals surface area contributed by atoms with Gasteiger partial charge in [0.2, 0.25) is 0 Å². The molecule has 0 aliphatic carbocycles. The molecule has 0 bridgehead atoms. The van der Waals surface area contributed by atoms with Crippen LogP contribution in [0.2, 0.25) is 0 Å². The molecular weight excluding hydrogens is 262 g/mol. The zero-order valence-electron chi connectivity index (χ0n) is 10.2. The van der Waals surface area contributed by atoms with Gasteiger partial charge in [-0.15, -0.1) is 0 Å². The van der Waals surface area contributed by atoms with Gasteiger partial charge in [-0.1, -0.05) is 0 Å². The molecule has 1 heterocycles. The minimum absolute atomic E-state index is 0.404. The lowest BCUT2D eigenvalue weighted by molar-refractivity contribution is 0.0692. The molecule has 0 saturated heterocycles. The smallest absolute Gasteiger partial charge is 0.340 e. The van der Waals surface area contributed by atoms with Crippen molar-refractivity contribution in [3.63, 3.8) is 0 Å². The molecule has 3 N–H and O–H groups in total. The molecule has 1 rings (SSSR count). The Morgan fingerprint density at radius 2 is 2.11 bits per heavy atom. The number of nitrogens with one attached hydrogen (secondary N) is 1. The van der Waals surface area contributed by atoms with Gasteiger partial charge in [-0.3, -0.25) is 5.10 Å². The number of sulfonamides is 1. The van der Waals surface area contributed by atoms with Crippen molar-refractivity contribution in [2.45, 2.75) is 24.4 Å². The summed E-state index contributed by atoms with van der Waals surface area (Å²) in [5.41, 5.74) is -1.49. The van der Waals surface area contributed by atoms with E-state index in [1.54, 1.807) is 0 Å². The second kappa shape index (κ2) is 4.67. The first-order valence-corrected chi connectivity index (χ1v) is 6.45. The SMILES string of the molecule is CN(C(C)(C)CO)S(=O)(=O)c1[nH]ncc1C(=O)O. The number of carboxylic acid groups (broad SMARTS) is 1. The molecule has 8 nitrogen and oxygen atoms in total. The topological polar surface area (TPSA) is 124 Å². The van der Waals surface area contributed by atoms with Crippen molar-refractivity contribution >= 4 is 16.0 Å². The molecule has 1 aromatic heterocycles. The zero-order chi connectivity index (χ0) is 14.1. The summed E-state index contributed by atoms with van der Waals surface area (Å²) in [6, 6.07) is 0. The van der Waals surface area contributed by atoms with E-state index in [0.29, 0.717) is 0 Å². The van der Waals surface area contributed by atoms with Gasteiger partial charge in [0.05, 0.1) is 18.3 Å². The molecule has 102 valence electrons. The van der Waals surface area contributed by atoms with E-state index in [0.717, 1.165) is 10.5 Å². The van der Waals surface area contributed by atoms with Crippen molar-refractivity contribution in [1.29, 1.82) is 0 Å². The van der Waals surface area contributed by atoms with E-state index in [-0.39, 0.29) is 0 Å². The van der Waals surface area contributed by atoms with Gasteiger partial charge >= 0.3 is 5.97 Å². The van der Waals surface area contributed by atoms with Crippen molar-refractivity contribution < 1.29 is 23.4 Å². The van der Waals surface area contributed by atoms with Crippen LogP contribution >= 0.6 is 0 Å². The van der Waals surface area contributed by atoms with E-state index in [2.05, 4.69) is 10.2 Å². The number of aromatic nitrogens is 2. The molecule has 0 spiro atoms. The third kappa shape index (κ3) is 2.37. The minimum atomic E-state index is -4.07. The molecule has 0 unspecified atom stereocenters. The fraction of sp³-hybridized carbons (Fsp3) is 0.556. The van der Waals surface area contributed by atoms with Crippen LogP contribution in [-0.2, 0) is 10.0 Å². The molecule has 0 radical (unpaired) electrons. The van der Waals surface area contributed by atoms with Crippen LogP contribution in [0, 0.1) is 0 Å². The number of H-pyrrole nitrogens is 1. The van der Waals surface area contributed by atoms with Crippen LogP contribution in [0.25, 0.3) is 0 Å². The number of carboxylic acids is 1. The van der Waals surface area contributed by atoms with Crippen molar-refractivity contribution in [1.82, 2.24) is 14.5 Å². The predicted octanol–water partition coefficient (Wildman–Crippen LogP) is -0.501. The van der Waals surface area contributed by atoms with E-state index in [4.69, 9.17) is 10.2 Å². The van der Waals surface area contributed by atoms with Crippen molar-refractivity contribution in [2.75, 3.05) is 13.7 Å². The van der Waals surface area contributed by atoms with Gasteiger partial charge in [-0.25, -0.2) is 13.2 Å². The monoisotopic (exact) mass is 277 g/mol. The second-order valence-corrected chi connectivity index (χ2v) is 6.27. The molecule has 1 aromatic rings. The maximum atomic E-state index is 12.2. The van der Waals surface area contributed by atoms with Crippen LogP contribution in [0.4, 0.5) is 0 Å². The van der Waals surface area contributed by atoms with E-state index in [9.17, 15) is 13.2 Å². The Balaban J connectivity index is 3.31. The van der Waals surface area contributed by atoms with Gasteiger partial charge < -0.3 is 10.2 Å². The Morgan fingerprint density at radius 1 is 1.56 bits per heavy atom. The zero-order valence-corrected chi connectivity index (χ0v) is 11.0. The number of rotatable bonds is 5. The quantitative estimate of drug-likeness (QED) is 0.666. The number of hydrogen-bond acceptors (Lipinski definition) is 5. The number of aliphatic hydroxyl groups is 1. The van der Waals surface area contributed by atoms with Crippen molar-refractivity contribution in [3.05, 3.63) is 11.8 Å². The standard InChI is InChI=1S/C9H15N3O5S/c1-9(2,5-13)12(3)18(16,17)7-6(8(14)15)4-10-11-7/h4,13H,5H2,1-3H3,(H,10,11)(H,14,15). The predicted molar refractivity (Wildman–Crippen MR) is 61.7 cm³/mol. The maximum Gasteiger partial charge on any atom is 0.340 e. The van der Waals surface area contributed by atoms with Crippen LogP contribution in [0.15, 0.2) is 11.2 Å². The van der Waals surface area contributed by atoms with Gasteiger partial charge in [0.25, 0.3) is 10.0 Å². The molecule has 9 heteroatoms. The van der Waals surface area contributed by atoms with Crippen LogP contribution in [0.3, 0.4) is 0 Å². The van der Waals surface area contributed by atoms with Gasteiger partial charge in [-0.2, -0.15) is 9.40 Å². The Bertz CT molecular complexity index is 548. The molecule has 0 amide bonds. The first kappa shape index (κ1) is 14.6. The van der Waals surface area contributed by atoms with E-state index in [1.165, 1.54) is 20.9 Å². The maximum absolute atomic E-state index is 12.2. The van der Waals surface area contributed by atoms with E-state index in [1.807, 2.05) is 0 Å². The second-order valence-electron chi connectivity index (χ2n) is 4.36. The van der Waals surface area contributed by atoms with Gasteiger partial charge in [-0.05, 0) is 13.8 Å². The van der Waals surface area contributed by atoms with Gasteiger partial charge in [0.15, 0.2) is 5.03 Å². The number of aliphatic hydroxyl groups excluding tert-OH is 1. The normalized spacial score (nSPS) is 12.9. The summed E-state index contributed by atoms with van der Waals surface area (Å²) in [5.74, 6) is -1.39. The van der Waals surface area contributed by atoms with E-state index < -0.39 is 38.7 Å². The molecule has 18 heavy (non-hydrogen) atoms. The number of aromatic amines is 1. The Morgan fingerprint density at radius 3 is 2.56 bits per heavy atom. The third-order valence-electron chi connectivity index (χ3n) is 2.69. The summed E-state index contributed by atoms with van der Waals surface area (Å²) in [5, 5.41) is 23.1. The Kier molecular flexibility index (Phi) is 3.79. The number of likely N-dealkylation sites (N-methyl/N-ethyl adjacent to an activating group) is 1.